The van der Waals surface area contributed by atoms with Crippen LogP contribution >= 0.6 is 0 Å². The first-order valence-corrected chi connectivity index (χ1v) is 7.60. The Morgan fingerprint density at radius 1 is 1.21 bits per heavy atom. The van der Waals surface area contributed by atoms with E-state index in [1.54, 1.807) is 0 Å². The summed E-state index contributed by atoms with van der Waals surface area (Å²) in [6, 6.07) is 0. The number of nitrogens with zero attached hydrogens (tertiary/aromatic N) is 3. The van der Waals surface area contributed by atoms with E-state index in [2.05, 4.69) is 40.9 Å². The number of nitrogens with two attached hydrogens (primary N) is 1. The number of nitrogens with one attached hydrogen (secondary N) is 1. The summed E-state index contributed by atoms with van der Waals surface area (Å²) >= 11 is 0. The van der Waals surface area contributed by atoms with Gasteiger partial charge in [0.05, 0.1) is 0 Å². The fraction of sp³-hybridized carbons (Fsp3) is 0.929. The zero-order chi connectivity index (χ0) is 14.1. The molecule has 0 aromatic carbocycles. The summed E-state index contributed by atoms with van der Waals surface area (Å²) in [5, 5.41) is 3.20. The molecule has 1 saturated heterocycles. The minimum absolute atomic E-state index is 0.591. The van der Waals surface area contributed by atoms with Gasteiger partial charge in [-0.15, -0.1) is 0 Å². The highest BCUT2D eigenvalue weighted by Gasteiger charge is 2.14. The van der Waals surface area contributed by atoms with Gasteiger partial charge in [-0.2, -0.15) is 0 Å². The van der Waals surface area contributed by atoms with Gasteiger partial charge in [0, 0.05) is 45.8 Å². The van der Waals surface area contributed by atoms with Crippen LogP contribution in [0.4, 0.5) is 0 Å². The van der Waals surface area contributed by atoms with Gasteiger partial charge in [0.2, 0.25) is 0 Å². The number of likely N-dealkylation sites (N-methyl/N-ethyl adjacent to an activating group) is 1. The topological polar surface area (TPSA) is 56.9 Å². The molecule has 1 rings (SSSR count). The minimum Gasteiger partial charge on any atom is -0.370 e. The molecule has 5 nitrogen and oxygen atoms in total. The molecule has 0 bridgehead atoms. The van der Waals surface area contributed by atoms with Crippen LogP contribution in [0.25, 0.3) is 0 Å². The summed E-state index contributed by atoms with van der Waals surface area (Å²) in [4.78, 5) is 9.31. The van der Waals surface area contributed by atoms with E-state index in [-0.39, 0.29) is 0 Å². The second-order valence-electron chi connectivity index (χ2n) is 5.65. The number of rotatable bonds is 7. The summed E-state index contributed by atoms with van der Waals surface area (Å²) < 4.78 is 0. The Balaban J connectivity index is 2.07. The van der Waals surface area contributed by atoms with E-state index in [0.29, 0.717) is 11.9 Å². The quantitative estimate of drug-likeness (QED) is 0.524. The molecule has 0 radical (unpaired) electrons. The van der Waals surface area contributed by atoms with Crippen molar-refractivity contribution >= 4 is 5.96 Å². The maximum atomic E-state index is 5.83. The van der Waals surface area contributed by atoms with Crippen LogP contribution in [0, 0.1) is 5.92 Å². The third-order valence-corrected chi connectivity index (χ3v) is 3.63. The van der Waals surface area contributed by atoms with Crippen LogP contribution in [-0.4, -0.2) is 68.1 Å². The Morgan fingerprint density at radius 3 is 2.42 bits per heavy atom. The van der Waals surface area contributed by atoms with Crippen molar-refractivity contribution in [2.75, 3.05) is 52.4 Å². The van der Waals surface area contributed by atoms with E-state index in [9.17, 15) is 0 Å². The molecule has 1 aliphatic heterocycles. The Morgan fingerprint density at radius 2 is 1.84 bits per heavy atom. The smallest absolute Gasteiger partial charge is 0.188 e. The molecule has 1 heterocycles. The predicted molar refractivity (Wildman–Crippen MR) is 82.5 cm³/mol. The molecular weight excluding hydrogens is 238 g/mol. The first-order chi connectivity index (χ1) is 9.11. The van der Waals surface area contributed by atoms with Crippen LogP contribution in [-0.2, 0) is 0 Å². The van der Waals surface area contributed by atoms with Crippen LogP contribution in [0.3, 0.4) is 0 Å². The van der Waals surface area contributed by atoms with Crippen molar-refractivity contribution in [3.63, 3.8) is 0 Å². The van der Waals surface area contributed by atoms with E-state index in [1.807, 2.05) is 0 Å². The third kappa shape index (κ3) is 7.38. The van der Waals surface area contributed by atoms with Crippen LogP contribution in [0.5, 0.6) is 0 Å². The van der Waals surface area contributed by atoms with Gasteiger partial charge in [0.15, 0.2) is 5.96 Å². The fourth-order valence-corrected chi connectivity index (χ4v) is 2.17. The molecule has 0 aliphatic carbocycles. The van der Waals surface area contributed by atoms with Crippen molar-refractivity contribution in [2.45, 2.75) is 27.2 Å². The second-order valence-corrected chi connectivity index (χ2v) is 5.65. The van der Waals surface area contributed by atoms with Gasteiger partial charge >= 0.3 is 0 Å². The molecule has 3 N–H and O–H groups in total. The average molecular weight is 269 g/mol. The Bertz CT molecular complexity index is 257. The normalized spacial score (nSPS) is 19.1. The first kappa shape index (κ1) is 16.2. The van der Waals surface area contributed by atoms with E-state index in [4.69, 9.17) is 5.73 Å². The third-order valence-electron chi connectivity index (χ3n) is 3.63. The van der Waals surface area contributed by atoms with Crippen molar-refractivity contribution in [2.24, 2.45) is 16.6 Å². The predicted octanol–water partition coefficient (Wildman–Crippen LogP) is 0.574. The van der Waals surface area contributed by atoms with Crippen LogP contribution in [0.2, 0.25) is 0 Å². The molecule has 0 saturated carbocycles. The van der Waals surface area contributed by atoms with Gasteiger partial charge in [-0.1, -0.05) is 20.8 Å². The Labute approximate surface area is 118 Å². The molecule has 1 aliphatic rings. The molecule has 0 aromatic heterocycles. The molecule has 0 amide bonds. The molecule has 0 unspecified atom stereocenters. The molecular formula is C14H31N5. The van der Waals surface area contributed by atoms with Crippen LogP contribution in [0.15, 0.2) is 4.99 Å². The monoisotopic (exact) mass is 269 g/mol. The SMILES string of the molecule is CCN1CCN(CCNC(N)=NCCC(C)C)CC1. The van der Waals surface area contributed by atoms with Crippen molar-refractivity contribution in [3.8, 4) is 0 Å². The zero-order valence-electron chi connectivity index (χ0n) is 12.9. The highest BCUT2D eigenvalue weighted by atomic mass is 15.3. The van der Waals surface area contributed by atoms with Gasteiger partial charge in [-0.3, -0.25) is 9.89 Å². The van der Waals surface area contributed by atoms with Crippen molar-refractivity contribution in [1.29, 1.82) is 0 Å². The van der Waals surface area contributed by atoms with Crippen molar-refractivity contribution in [1.82, 2.24) is 15.1 Å². The lowest BCUT2D eigenvalue weighted by atomic mass is 10.1. The molecule has 1 fully saturated rings. The molecule has 19 heavy (non-hydrogen) atoms. The zero-order valence-corrected chi connectivity index (χ0v) is 12.9. The molecule has 0 atom stereocenters. The highest BCUT2D eigenvalue weighted by Crippen LogP contribution is 2.00. The van der Waals surface area contributed by atoms with Crippen molar-refractivity contribution < 1.29 is 0 Å². The van der Waals surface area contributed by atoms with E-state index in [0.717, 1.165) is 26.1 Å². The summed E-state index contributed by atoms with van der Waals surface area (Å²) in [5.41, 5.74) is 5.83. The van der Waals surface area contributed by atoms with Gasteiger partial charge in [-0.25, -0.2) is 0 Å². The Hall–Kier alpha value is -0.810. The van der Waals surface area contributed by atoms with Gasteiger partial charge in [-0.05, 0) is 18.9 Å². The van der Waals surface area contributed by atoms with Crippen LogP contribution in [0.1, 0.15) is 27.2 Å². The minimum atomic E-state index is 0.591. The maximum Gasteiger partial charge on any atom is 0.188 e. The lowest BCUT2D eigenvalue weighted by Crippen LogP contribution is -2.48. The molecule has 0 aromatic rings. The van der Waals surface area contributed by atoms with Gasteiger partial charge in [0.1, 0.15) is 0 Å². The van der Waals surface area contributed by atoms with Gasteiger partial charge < -0.3 is 16.0 Å². The molecule has 0 spiro atoms. The molecule has 112 valence electrons. The number of guanidine groups is 1. The number of hydrogen-bond donors (Lipinski definition) is 2. The lowest BCUT2D eigenvalue weighted by molar-refractivity contribution is 0.139. The highest BCUT2D eigenvalue weighted by molar-refractivity contribution is 5.77. The number of hydrogen-bond acceptors (Lipinski definition) is 3. The average Bonchev–Trinajstić information content (AvgIpc) is 2.39. The van der Waals surface area contributed by atoms with Crippen molar-refractivity contribution in [3.05, 3.63) is 0 Å². The van der Waals surface area contributed by atoms with Gasteiger partial charge in [0.25, 0.3) is 0 Å². The summed E-state index contributed by atoms with van der Waals surface area (Å²) in [5.74, 6) is 1.28. The summed E-state index contributed by atoms with van der Waals surface area (Å²) in [6.45, 7) is 15.3. The van der Waals surface area contributed by atoms with Crippen LogP contribution < -0.4 is 11.1 Å². The fourth-order valence-electron chi connectivity index (χ4n) is 2.17. The largest absolute Gasteiger partial charge is 0.370 e. The number of aliphatic imine (C=N–C) groups is 1. The lowest BCUT2D eigenvalue weighted by Gasteiger charge is -2.33. The molecule has 5 heteroatoms. The van der Waals surface area contributed by atoms with E-state index < -0.39 is 0 Å². The standard InChI is InChI=1S/C14H31N5/c1-4-18-9-11-19(12-10-18)8-7-17-14(15)16-6-5-13(2)3/h13H,4-12H2,1-3H3,(H3,15,16,17). The first-order valence-electron chi connectivity index (χ1n) is 7.60. The summed E-state index contributed by atoms with van der Waals surface area (Å²) in [6.07, 6.45) is 1.10. The van der Waals surface area contributed by atoms with E-state index >= 15 is 0 Å². The Kier molecular flexibility index (Phi) is 7.82. The summed E-state index contributed by atoms with van der Waals surface area (Å²) in [7, 11) is 0. The maximum absolute atomic E-state index is 5.83. The van der Waals surface area contributed by atoms with E-state index in [1.165, 1.54) is 32.7 Å². The number of piperazine rings is 1. The second kappa shape index (κ2) is 9.15.